The summed E-state index contributed by atoms with van der Waals surface area (Å²) in [7, 11) is 0. The van der Waals surface area contributed by atoms with Crippen LogP contribution in [-0.2, 0) is 6.18 Å². The number of nitrogen functional groups attached to an aromatic ring is 1. The number of nitrogens with two attached hydrogens (primary N) is 1. The van der Waals surface area contributed by atoms with E-state index in [1.54, 1.807) is 6.92 Å². The van der Waals surface area contributed by atoms with Gasteiger partial charge in [0.05, 0.1) is 16.9 Å². The maximum atomic E-state index is 12.7. The van der Waals surface area contributed by atoms with E-state index in [2.05, 4.69) is 15.5 Å². The highest BCUT2D eigenvalue weighted by molar-refractivity contribution is 6.31. The summed E-state index contributed by atoms with van der Waals surface area (Å²) in [6.07, 6.45) is -4.56. The molecule has 1 aromatic heterocycles. The standard InChI is InChI=1S/C12H10ClF3N4O/c1-5-9(17)10(20-19-5)11(21)18-8-3-6(12(14,15)16)2-7(13)4-8/h2-4H,17H2,1H3,(H,18,21)(H,19,20). The summed E-state index contributed by atoms with van der Waals surface area (Å²) in [5, 5.41) is 8.33. The van der Waals surface area contributed by atoms with Crippen molar-refractivity contribution in [3.05, 3.63) is 40.2 Å². The van der Waals surface area contributed by atoms with Crippen molar-refractivity contribution in [2.45, 2.75) is 13.1 Å². The van der Waals surface area contributed by atoms with Crippen LogP contribution in [0.3, 0.4) is 0 Å². The fourth-order valence-electron chi connectivity index (χ4n) is 1.63. The Balaban J connectivity index is 2.30. The average molecular weight is 319 g/mol. The molecule has 5 nitrogen and oxygen atoms in total. The fraction of sp³-hybridized carbons (Fsp3) is 0.167. The molecule has 0 saturated heterocycles. The number of benzene rings is 1. The molecule has 1 amide bonds. The molecule has 1 aromatic carbocycles. The van der Waals surface area contributed by atoms with Crippen molar-refractivity contribution in [1.29, 1.82) is 0 Å². The van der Waals surface area contributed by atoms with Crippen LogP contribution in [-0.4, -0.2) is 16.1 Å². The van der Waals surface area contributed by atoms with E-state index < -0.39 is 17.6 Å². The van der Waals surface area contributed by atoms with Gasteiger partial charge in [0.1, 0.15) is 0 Å². The van der Waals surface area contributed by atoms with Gasteiger partial charge in [-0.2, -0.15) is 18.3 Å². The number of alkyl halides is 3. The van der Waals surface area contributed by atoms with Crippen LogP contribution >= 0.6 is 11.6 Å². The van der Waals surface area contributed by atoms with Gasteiger partial charge in [-0.1, -0.05) is 11.6 Å². The molecule has 4 N–H and O–H groups in total. The third-order valence-electron chi connectivity index (χ3n) is 2.69. The zero-order valence-corrected chi connectivity index (χ0v) is 11.4. The number of nitrogens with one attached hydrogen (secondary N) is 2. The molecule has 9 heteroatoms. The average Bonchev–Trinajstić information content (AvgIpc) is 2.68. The minimum absolute atomic E-state index is 0.0963. The van der Waals surface area contributed by atoms with E-state index in [4.69, 9.17) is 17.3 Å². The Morgan fingerprint density at radius 3 is 2.57 bits per heavy atom. The first-order valence-corrected chi connectivity index (χ1v) is 6.06. The number of hydrogen-bond acceptors (Lipinski definition) is 3. The van der Waals surface area contributed by atoms with Crippen molar-refractivity contribution in [2.75, 3.05) is 11.1 Å². The summed E-state index contributed by atoms with van der Waals surface area (Å²) in [5.41, 5.74) is 5.09. The van der Waals surface area contributed by atoms with Crippen LogP contribution in [0.2, 0.25) is 5.02 Å². The molecule has 0 unspecified atom stereocenters. The molecular formula is C12H10ClF3N4O. The van der Waals surface area contributed by atoms with Crippen LogP contribution < -0.4 is 11.1 Å². The van der Waals surface area contributed by atoms with Crippen LogP contribution in [0.25, 0.3) is 0 Å². The molecule has 0 aliphatic carbocycles. The van der Waals surface area contributed by atoms with Crippen LogP contribution in [0.5, 0.6) is 0 Å². The van der Waals surface area contributed by atoms with E-state index in [0.717, 1.165) is 12.1 Å². The van der Waals surface area contributed by atoms with E-state index in [1.165, 1.54) is 6.07 Å². The Bertz CT molecular complexity index is 696. The van der Waals surface area contributed by atoms with E-state index in [0.29, 0.717) is 5.69 Å². The fourth-order valence-corrected chi connectivity index (χ4v) is 1.86. The maximum Gasteiger partial charge on any atom is 0.416 e. The second kappa shape index (κ2) is 5.28. The number of H-pyrrole nitrogens is 1. The molecule has 0 aliphatic heterocycles. The monoisotopic (exact) mass is 318 g/mol. The Labute approximate surface area is 122 Å². The summed E-state index contributed by atoms with van der Waals surface area (Å²) in [6.45, 7) is 1.61. The lowest BCUT2D eigenvalue weighted by atomic mass is 10.2. The summed E-state index contributed by atoms with van der Waals surface area (Å²) in [5.74, 6) is -0.729. The molecule has 112 valence electrons. The topological polar surface area (TPSA) is 83.8 Å². The number of aromatic nitrogens is 2. The van der Waals surface area contributed by atoms with Gasteiger partial charge in [0.2, 0.25) is 0 Å². The molecule has 2 rings (SSSR count). The van der Waals surface area contributed by atoms with Gasteiger partial charge in [0.25, 0.3) is 5.91 Å². The minimum atomic E-state index is -4.56. The van der Waals surface area contributed by atoms with E-state index >= 15 is 0 Å². The summed E-state index contributed by atoms with van der Waals surface area (Å²) >= 11 is 5.62. The molecule has 0 atom stereocenters. The first kappa shape index (κ1) is 15.2. The Morgan fingerprint density at radius 1 is 1.38 bits per heavy atom. The molecule has 0 fully saturated rings. The lowest BCUT2D eigenvalue weighted by Crippen LogP contribution is -2.15. The Hall–Kier alpha value is -2.22. The number of hydrogen-bond donors (Lipinski definition) is 3. The van der Waals surface area contributed by atoms with E-state index in [9.17, 15) is 18.0 Å². The molecule has 0 bridgehead atoms. The highest BCUT2D eigenvalue weighted by Gasteiger charge is 2.31. The van der Waals surface area contributed by atoms with Crippen LogP contribution in [0, 0.1) is 6.92 Å². The minimum Gasteiger partial charge on any atom is -0.395 e. The maximum absolute atomic E-state index is 12.7. The SMILES string of the molecule is Cc1[nH]nc(C(=O)Nc2cc(Cl)cc(C(F)(F)F)c2)c1N. The molecular weight excluding hydrogens is 309 g/mol. The van der Waals surface area contributed by atoms with Crippen molar-refractivity contribution in [3.63, 3.8) is 0 Å². The quantitative estimate of drug-likeness (QED) is 0.795. The predicted octanol–water partition coefficient (Wildman–Crippen LogP) is 3.22. The smallest absolute Gasteiger partial charge is 0.395 e. The third-order valence-corrected chi connectivity index (χ3v) is 2.91. The van der Waals surface area contributed by atoms with Gasteiger partial charge >= 0.3 is 6.18 Å². The Kier molecular flexibility index (Phi) is 3.82. The lowest BCUT2D eigenvalue weighted by Gasteiger charge is -2.10. The second-order valence-electron chi connectivity index (χ2n) is 4.29. The number of rotatable bonds is 2. The molecule has 0 spiro atoms. The number of aromatic amines is 1. The first-order valence-electron chi connectivity index (χ1n) is 5.68. The number of halogens is 4. The number of carbonyl (C=O) groups excluding carboxylic acids is 1. The molecule has 0 aliphatic rings. The molecule has 0 radical (unpaired) electrons. The van der Waals surface area contributed by atoms with Crippen molar-refractivity contribution in [2.24, 2.45) is 0 Å². The normalized spacial score (nSPS) is 11.5. The van der Waals surface area contributed by atoms with Crippen LogP contribution in [0.1, 0.15) is 21.7 Å². The Morgan fingerprint density at radius 2 is 2.05 bits per heavy atom. The largest absolute Gasteiger partial charge is 0.416 e. The number of nitrogens with zero attached hydrogens (tertiary/aromatic N) is 1. The highest BCUT2D eigenvalue weighted by Crippen LogP contribution is 2.33. The van der Waals surface area contributed by atoms with Gasteiger partial charge in [0.15, 0.2) is 5.69 Å². The number of amides is 1. The molecule has 0 saturated carbocycles. The van der Waals surface area contributed by atoms with Gasteiger partial charge in [-0.05, 0) is 25.1 Å². The lowest BCUT2D eigenvalue weighted by molar-refractivity contribution is -0.137. The van der Waals surface area contributed by atoms with E-state index in [-0.39, 0.29) is 22.1 Å². The van der Waals surface area contributed by atoms with Crippen molar-refractivity contribution in [1.82, 2.24) is 10.2 Å². The van der Waals surface area contributed by atoms with Gasteiger partial charge in [0, 0.05) is 10.7 Å². The molecule has 1 heterocycles. The second-order valence-corrected chi connectivity index (χ2v) is 4.73. The van der Waals surface area contributed by atoms with Crippen molar-refractivity contribution >= 4 is 28.9 Å². The van der Waals surface area contributed by atoms with Gasteiger partial charge in [-0.25, -0.2) is 0 Å². The highest BCUT2D eigenvalue weighted by atomic mass is 35.5. The summed E-state index contributed by atoms with van der Waals surface area (Å²) < 4.78 is 38.0. The predicted molar refractivity (Wildman–Crippen MR) is 72.1 cm³/mol. The number of aryl methyl sites for hydroxylation is 1. The zero-order chi connectivity index (χ0) is 15.8. The summed E-state index contributed by atoms with van der Waals surface area (Å²) in [4.78, 5) is 11.9. The van der Waals surface area contributed by atoms with Crippen LogP contribution in [0.4, 0.5) is 24.5 Å². The summed E-state index contributed by atoms with van der Waals surface area (Å²) in [6, 6.07) is 2.74. The third kappa shape index (κ3) is 3.27. The van der Waals surface area contributed by atoms with Crippen LogP contribution in [0.15, 0.2) is 18.2 Å². The zero-order valence-electron chi connectivity index (χ0n) is 10.7. The van der Waals surface area contributed by atoms with Gasteiger partial charge in [-0.15, -0.1) is 0 Å². The first-order chi connectivity index (χ1) is 9.68. The van der Waals surface area contributed by atoms with Crippen molar-refractivity contribution in [3.8, 4) is 0 Å². The number of anilines is 2. The van der Waals surface area contributed by atoms with E-state index in [1.807, 2.05) is 0 Å². The van der Waals surface area contributed by atoms with Gasteiger partial charge in [-0.3, -0.25) is 9.89 Å². The number of carbonyl (C=O) groups is 1. The van der Waals surface area contributed by atoms with Crippen molar-refractivity contribution < 1.29 is 18.0 Å². The molecule has 21 heavy (non-hydrogen) atoms. The molecule has 2 aromatic rings. The van der Waals surface area contributed by atoms with Gasteiger partial charge < -0.3 is 11.1 Å².